The zero-order valence-corrected chi connectivity index (χ0v) is 13.8. The van der Waals surface area contributed by atoms with Crippen molar-refractivity contribution in [3.05, 3.63) is 64.2 Å². The van der Waals surface area contributed by atoms with Gasteiger partial charge in [-0.3, -0.25) is 4.79 Å². The molecule has 4 nitrogen and oxygen atoms in total. The minimum Gasteiger partial charge on any atom is -0.451 e. The van der Waals surface area contributed by atoms with E-state index in [4.69, 9.17) is 16.3 Å². The van der Waals surface area contributed by atoms with Gasteiger partial charge in [0.15, 0.2) is 6.61 Å². The molecule has 0 spiro atoms. The summed E-state index contributed by atoms with van der Waals surface area (Å²) in [6.45, 7) is -0.486. The second-order valence-corrected chi connectivity index (χ2v) is 6.31. The number of hydrogen-bond acceptors (Lipinski definition) is 4. The van der Waals surface area contributed by atoms with Gasteiger partial charge in [0, 0.05) is 15.8 Å². The normalized spacial score (nSPS) is 10.6. The second-order valence-electron chi connectivity index (χ2n) is 4.88. The molecular weight excluding hydrogens is 353 g/mol. The molecule has 0 fully saturated rings. The lowest BCUT2D eigenvalue weighted by molar-refractivity contribution is -0.119. The van der Waals surface area contributed by atoms with Crippen LogP contribution in [0.1, 0.15) is 9.67 Å². The summed E-state index contributed by atoms with van der Waals surface area (Å²) >= 11 is 7.38. The van der Waals surface area contributed by atoms with Crippen LogP contribution in [0.5, 0.6) is 0 Å². The van der Waals surface area contributed by atoms with Gasteiger partial charge in [0.2, 0.25) is 0 Å². The van der Waals surface area contributed by atoms with Crippen LogP contribution in [0.2, 0.25) is 5.02 Å². The second kappa shape index (κ2) is 6.98. The summed E-state index contributed by atoms with van der Waals surface area (Å²) in [6, 6.07) is 12.8. The van der Waals surface area contributed by atoms with E-state index in [1.807, 2.05) is 24.3 Å². The molecule has 0 unspecified atom stereocenters. The summed E-state index contributed by atoms with van der Waals surface area (Å²) in [4.78, 5) is 24.1. The van der Waals surface area contributed by atoms with Crippen LogP contribution < -0.4 is 5.32 Å². The number of nitrogens with one attached hydrogen (secondary N) is 1. The van der Waals surface area contributed by atoms with Crippen LogP contribution in [0.4, 0.5) is 10.1 Å². The van der Waals surface area contributed by atoms with Gasteiger partial charge in [0.1, 0.15) is 10.7 Å². The number of fused-ring (bicyclic) bond motifs is 1. The number of rotatable bonds is 4. The number of thiophene rings is 1. The fourth-order valence-corrected chi connectivity index (χ4v) is 3.51. The molecule has 1 amide bonds. The molecular formula is C17H11ClFNO3S. The number of carbonyl (C=O) groups is 2. The first-order chi connectivity index (χ1) is 11.5. The molecule has 0 saturated carbocycles. The molecule has 122 valence electrons. The molecule has 24 heavy (non-hydrogen) atoms. The van der Waals surface area contributed by atoms with E-state index < -0.39 is 24.3 Å². The van der Waals surface area contributed by atoms with Gasteiger partial charge < -0.3 is 10.1 Å². The minimum absolute atomic E-state index is 0.247. The monoisotopic (exact) mass is 363 g/mol. The van der Waals surface area contributed by atoms with Crippen molar-refractivity contribution in [2.45, 2.75) is 0 Å². The standard InChI is InChI=1S/C17H11ClFNO3S/c18-15-12-6-1-2-7-13(12)24-16(15)17(22)23-9-14(21)20-11-5-3-4-10(19)8-11/h1-8H,9H2,(H,20,21). The van der Waals surface area contributed by atoms with Crippen molar-refractivity contribution in [3.8, 4) is 0 Å². The number of benzene rings is 2. The number of amides is 1. The zero-order valence-electron chi connectivity index (χ0n) is 12.2. The highest BCUT2D eigenvalue weighted by Crippen LogP contribution is 2.35. The summed E-state index contributed by atoms with van der Waals surface area (Å²) in [5, 5.41) is 3.52. The molecule has 1 aromatic heterocycles. The molecule has 0 bridgehead atoms. The predicted molar refractivity (Wildman–Crippen MR) is 92.1 cm³/mol. The van der Waals surface area contributed by atoms with E-state index in [0.717, 1.165) is 10.1 Å². The van der Waals surface area contributed by atoms with E-state index in [2.05, 4.69) is 5.32 Å². The van der Waals surface area contributed by atoms with E-state index >= 15 is 0 Å². The highest BCUT2D eigenvalue weighted by atomic mass is 35.5. The number of halogens is 2. The maximum absolute atomic E-state index is 13.0. The lowest BCUT2D eigenvalue weighted by atomic mass is 10.2. The number of ether oxygens (including phenoxy) is 1. The van der Waals surface area contributed by atoms with Crippen molar-refractivity contribution in [1.82, 2.24) is 0 Å². The largest absolute Gasteiger partial charge is 0.451 e. The average Bonchev–Trinajstić information content (AvgIpc) is 2.90. The SMILES string of the molecule is O=C(COC(=O)c1sc2ccccc2c1Cl)Nc1cccc(F)c1. The van der Waals surface area contributed by atoms with Crippen molar-refractivity contribution < 1.29 is 18.7 Å². The highest BCUT2D eigenvalue weighted by molar-refractivity contribution is 7.21. The maximum Gasteiger partial charge on any atom is 0.350 e. The molecule has 2 aromatic carbocycles. The van der Waals surface area contributed by atoms with Gasteiger partial charge in [-0.05, 0) is 24.3 Å². The molecule has 0 aliphatic carbocycles. The summed E-state index contributed by atoms with van der Waals surface area (Å²) < 4.78 is 18.9. The van der Waals surface area contributed by atoms with Crippen LogP contribution in [0.15, 0.2) is 48.5 Å². The van der Waals surface area contributed by atoms with Gasteiger partial charge >= 0.3 is 5.97 Å². The predicted octanol–water partition coefficient (Wildman–Crippen LogP) is 4.49. The first-order valence-electron chi connectivity index (χ1n) is 6.94. The molecule has 0 aliphatic rings. The van der Waals surface area contributed by atoms with Crippen LogP contribution in [0.25, 0.3) is 10.1 Å². The number of anilines is 1. The Hall–Kier alpha value is -2.44. The van der Waals surface area contributed by atoms with Crippen LogP contribution in [0, 0.1) is 5.82 Å². The smallest absolute Gasteiger partial charge is 0.350 e. The van der Waals surface area contributed by atoms with Gasteiger partial charge in [-0.25, -0.2) is 9.18 Å². The maximum atomic E-state index is 13.0. The molecule has 3 aromatic rings. The van der Waals surface area contributed by atoms with Crippen molar-refractivity contribution >= 4 is 50.6 Å². The third kappa shape index (κ3) is 3.55. The fourth-order valence-electron chi connectivity index (χ4n) is 2.11. The third-order valence-electron chi connectivity index (χ3n) is 3.16. The first kappa shape index (κ1) is 16.4. The van der Waals surface area contributed by atoms with E-state index in [9.17, 15) is 14.0 Å². The number of hydrogen-bond donors (Lipinski definition) is 1. The van der Waals surface area contributed by atoms with E-state index in [0.29, 0.717) is 5.02 Å². The summed E-state index contributed by atoms with van der Waals surface area (Å²) in [7, 11) is 0. The van der Waals surface area contributed by atoms with Gasteiger partial charge in [0.25, 0.3) is 5.91 Å². The van der Waals surface area contributed by atoms with E-state index in [1.54, 1.807) is 0 Å². The van der Waals surface area contributed by atoms with Crippen LogP contribution in [-0.2, 0) is 9.53 Å². The Morgan fingerprint density at radius 1 is 1.17 bits per heavy atom. The average molecular weight is 364 g/mol. The third-order valence-corrected chi connectivity index (χ3v) is 4.82. The summed E-state index contributed by atoms with van der Waals surface area (Å²) in [5.74, 6) is -1.70. The highest BCUT2D eigenvalue weighted by Gasteiger charge is 2.19. The molecule has 1 heterocycles. The van der Waals surface area contributed by atoms with Crippen molar-refractivity contribution in [2.24, 2.45) is 0 Å². The van der Waals surface area contributed by atoms with Gasteiger partial charge in [-0.1, -0.05) is 35.9 Å². The Bertz CT molecular complexity index is 925. The van der Waals surface area contributed by atoms with Crippen molar-refractivity contribution in [1.29, 1.82) is 0 Å². The fraction of sp³-hybridized carbons (Fsp3) is 0.0588. The van der Waals surface area contributed by atoms with Gasteiger partial charge in [0.05, 0.1) is 5.02 Å². The zero-order chi connectivity index (χ0) is 17.1. The Labute approximate surface area is 145 Å². The molecule has 3 rings (SSSR count). The Kier molecular flexibility index (Phi) is 4.78. The van der Waals surface area contributed by atoms with E-state index in [1.165, 1.54) is 35.6 Å². The lowest BCUT2D eigenvalue weighted by Gasteiger charge is -2.06. The Morgan fingerprint density at radius 2 is 1.96 bits per heavy atom. The molecule has 0 atom stereocenters. The van der Waals surface area contributed by atoms with Crippen LogP contribution >= 0.6 is 22.9 Å². The van der Waals surface area contributed by atoms with Gasteiger partial charge in [-0.2, -0.15) is 0 Å². The van der Waals surface area contributed by atoms with Crippen LogP contribution in [-0.4, -0.2) is 18.5 Å². The van der Waals surface area contributed by atoms with Crippen LogP contribution in [0.3, 0.4) is 0 Å². The topological polar surface area (TPSA) is 55.4 Å². The van der Waals surface area contributed by atoms with Crippen molar-refractivity contribution in [3.63, 3.8) is 0 Å². The van der Waals surface area contributed by atoms with Crippen molar-refractivity contribution in [2.75, 3.05) is 11.9 Å². The number of esters is 1. The molecule has 0 radical (unpaired) electrons. The van der Waals surface area contributed by atoms with E-state index in [-0.39, 0.29) is 10.6 Å². The summed E-state index contributed by atoms with van der Waals surface area (Å²) in [5.41, 5.74) is 0.288. The molecule has 0 aliphatic heterocycles. The molecule has 7 heteroatoms. The van der Waals surface area contributed by atoms with Gasteiger partial charge in [-0.15, -0.1) is 11.3 Å². The Morgan fingerprint density at radius 3 is 2.71 bits per heavy atom. The Balaban J connectivity index is 1.64. The summed E-state index contributed by atoms with van der Waals surface area (Å²) in [6.07, 6.45) is 0. The molecule has 0 saturated heterocycles. The lowest BCUT2D eigenvalue weighted by Crippen LogP contribution is -2.20. The first-order valence-corrected chi connectivity index (χ1v) is 8.13. The number of carbonyl (C=O) groups excluding carboxylic acids is 2. The molecule has 1 N–H and O–H groups in total. The minimum atomic E-state index is -0.671. The quantitative estimate of drug-likeness (QED) is 0.695.